The number of hydrogen-bond acceptors (Lipinski definition) is 5. The van der Waals surface area contributed by atoms with Gasteiger partial charge in [-0.3, -0.25) is 4.79 Å². The molecule has 1 saturated heterocycles. The summed E-state index contributed by atoms with van der Waals surface area (Å²) in [4.78, 5) is 17.2. The molecule has 0 bridgehead atoms. The standard InChI is InChI=1S/C20H18Cl2N2O3S/c1-3-26-16-10-12(9-15(22)18(16)27-4-2)11-17-19(25)24-20(28-17)23-14-7-5-13(21)6-8-14/h5-11H,3-4H2,1-2H3,(H,23,24,25). The van der Waals surface area contributed by atoms with Gasteiger partial charge in [-0.25, -0.2) is 4.99 Å². The van der Waals surface area contributed by atoms with Gasteiger partial charge < -0.3 is 14.8 Å². The first kappa shape index (κ1) is 20.6. The fraction of sp³-hybridized carbons (Fsp3) is 0.200. The highest BCUT2D eigenvalue weighted by atomic mass is 35.5. The fourth-order valence-electron chi connectivity index (χ4n) is 2.48. The van der Waals surface area contributed by atoms with Gasteiger partial charge >= 0.3 is 0 Å². The number of carbonyl (C=O) groups is 1. The number of benzene rings is 2. The van der Waals surface area contributed by atoms with Gasteiger partial charge in [-0.2, -0.15) is 0 Å². The van der Waals surface area contributed by atoms with Crippen molar-refractivity contribution in [3.05, 3.63) is 56.9 Å². The maximum atomic E-state index is 12.3. The molecule has 146 valence electrons. The molecule has 0 spiro atoms. The van der Waals surface area contributed by atoms with Gasteiger partial charge in [-0.15, -0.1) is 0 Å². The Bertz CT molecular complexity index is 943. The van der Waals surface area contributed by atoms with Crippen LogP contribution in [0.1, 0.15) is 19.4 Å². The quantitative estimate of drug-likeness (QED) is 0.591. The van der Waals surface area contributed by atoms with E-state index in [0.29, 0.717) is 50.5 Å². The molecule has 1 aliphatic rings. The van der Waals surface area contributed by atoms with Crippen LogP contribution in [0.3, 0.4) is 0 Å². The lowest BCUT2D eigenvalue weighted by molar-refractivity contribution is -0.115. The van der Waals surface area contributed by atoms with Gasteiger partial charge in [0.15, 0.2) is 16.7 Å². The van der Waals surface area contributed by atoms with Crippen LogP contribution in [0.2, 0.25) is 10.0 Å². The van der Waals surface area contributed by atoms with Crippen molar-refractivity contribution >= 4 is 57.8 Å². The van der Waals surface area contributed by atoms with Crippen LogP contribution in [0.25, 0.3) is 6.08 Å². The van der Waals surface area contributed by atoms with Gasteiger partial charge in [0.1, 0.15) is 0 Å². The number of halogens is 2. The van der Waals surface area contributed by atoms with Gasteiger partial charge in [0.05, 0.1) is 28.8 Å². The lowest BCUT2D eigenvalue weighted by Crippen LogP contribution is -2.19. The molecule has 0 atom stereocenters. The molecule has 0 unspecified atom stereocenters. The minimum Gasteiger partial charge on any atom is -0.490 e. The summed E-state index contributed by atoms with van der Waals surface area (Å²) in [5.41, 5.74) is 1.44. The van der Waals surface area contributed by atoms with Gasteiger partial charge in [-0.1, -0.05) is 23.2 Å². The molecule has 5 nitrogen and oxygen atoms in total. The number of ether oxygens (including phenoxy) is 2. The summed E-state index contributed by atoms with van der Waals surface area (Å²) in [5.74, 6) is 0.824. The summed E-state index contributed by atoms with van der Waals surface area (Å²) >= 11 is 13.5. The average Bonchev–Trinajstić information content (AvgIpc) is 2.99. The van der Waals surface area contributed by atoms with Crippen LogP contribution < -0.4 is 14.8 Å². The van der Waals surface area contributed by atoms with E-state index in [4.69, 9.17) is 32.7 Å². The van der Waals surface area contributed by atoms with E-state index in [9.17, 15) is 4.79 Å². The first-order valence-corrected chi connectivity index (χ1v) is 10.2. The maximum Gasteiger partial charge on any atom is 0.264 e. The van der Waals surface area contributed by atoms with Crippen LogP contribution in [0.5, 0.6) is 11.5 Å². The van der Waals surface area contributed by atoms with Gasteiger partial charge in [0.2, 0.25) is 0 Å². The molecule has 0 radical (unpaired) electrons. The molecule has 1 fully saturated rings. The van der Waals surface area contributed by atoms with Crippen LogP contribution in [0.15, 0.2) is 46.3 Å². The monoisotopic (exact) mass is 436 g/mol. The van der Waals surface area contributed by atoms with Gasteiger partial charge in [0, 0.05) is 5.02 Å². The van der Waals surface area contributed by atoms with Gasteiger partial charge in [-0.05, 0) is 73.6 Å². The number of amidine groups is 1. The van der Waals surface area contributed by atoms with Crippen LogP contribution in [0, 0.1) is 0 Å². The highest BCUT2D eigenvalue weighted by Gasteiger charge is 2.24. The number of carbonyl (C=O) groups excluding carboxylic acids is 1. The van der Waals surface area contributed by atoms with E-state index in [-0.39, 0.29) is 5.91 Å². The Morgan fingerprint density at radius 2 is 1.82 bits per heavy atom. The van der Waals surface area contributed by atoms with Crippen molar-refractivity contribution in [3.63, 3.8) is 0 Å². The minimum atomic E-state index is -0.222. The summed E-state index contributed by atoms with van der Waals surface area (Å²) in [7, 11) is 0. The Morgan fingerprint density at radius 3 is 2.50 bits per heavy atom. The Balaban J connectivity index is 1.86. The van der Waals surface area contributed by atoms with Crippen LogP contribution in [-0.2, 0) is 4.79 Å². The van der Waals surface area contributed by atoms with Crippen molar-refractivity contribution in [2.24, 2.45) is 4.99 Å². The predicted octanol–water partition coefficient (Wildman–Crippen LogP) is 5.68. The molecule has 2 aromatic carbocycles. The number of nitrogens with one attached hydrogen (secondary N) is 1. The van der Waals surface area contributed by atoms with Crippen LogP contribution >= 0.6 is 35.0 Å². The van der Waals surface area contributed by atoms with Gasteiger partial charge in [0.25, 0.3) is 5.91 Å². The Kier molecular flexibility index (Phi) is 6.88. The molecule has 1 heterocycles. The molecule has 8 heteroatoms. The second-order valence-electron chi connectivity index (χ2n) is 5.65. The summed E-state index contributed by atoms with van der Waals surface area (Å²) < 4.78 is 11.2. The van der Waals surface area contributed by atoms with E-state index in [1.807, 2.05) is 13.8 Å². The SMILES string of the molecule is CCOc1cc(C=C2SC(=Nc3ccc(Cl)cc3)NC2=O)cc(Cl)c1OCC. The highest BCUT2D eigenvalue weighted by molar-refractivity contribution is 8.18. The van der Waals surface area contributed by atoms with Crippen LogP contribution in [0.4, 0.5) is 5.69 Å². The molecule has 1 N–H and O–H groups in total. The zero-order valence-electron chi connectivity index (χ0n) is 15.3. The third kappa shape index (κ3) is 5.01. The van der Waals surface area contributed by atoms with E-state index in [1.165, 1.54) is 11.8 Å². The first-order chi connectivity index (χ1) is 13.5. The average molecular weight is 437 g/mol. The Morgan fingerprint density at radius 1 is 1.11 bits per heavy atom. The molecule has 1 aliphatic heterocycles. The lowest BCUT2D eigenvalue weighted by atomic mass is 10.2. The summed E-state index contributed by atoms with van der Waals surface area (Å²) in [6.45, 7) is 4.71. The van der Waals surface area contributed by atoms with Crippen molar-refractivity contribution in [1.29, 1.82) is 0 Å². The van der Waals surface area contributed by atoms with Crippen molar-refractivity contribution in [2.45, 2.75) is 13.8 Å². The van der Waals surface area contributed by atoms with E-state index >= 15 is 0 Å². The third-order valence-electron chi connectivity index (χ3n) is 3.63. The number of aliphatic imine (C=N–C) groups is 1. The number of hydrogen-bond donors (Lipinski definition) is 1. The molecular formula is C20H18Cl2N2O3S. The minimum absolute atomic E-state index is 0.222. The normalized spacial score (nSPS) is 16.5. The van der Waals surface area contributed by atoms with E-state index in [0.717, 1.165) is 5.56 Å². The second-order valence-corrected chi connectivity index (χ2v) is 7.53. The van der Waals surface area contributed by atoms with E-state index in [1.54, 1.807) is 42.5 Å². The smallest absolute Gasteiger partial charge is 0.264 e. The Hall–Kier alpha value is -2.15. The number of amides is 1. The molecule has 0 aromatic heterocycles. The number of rotatable bonds is 6. The van der Waals surface area contributed by atoms with E-state index in [2.05, 4.69) is 10.3 Å². The fourth-order valence-corrected chi connectivity index (χ4v) is 3.72. The van der Waals surface area contributed by atoms with Crippen molar-refractivity contribution in [3.8, 4) is 11.5 Å². The summed E-state index contributed by atoms with van der Waals surface area (Å²) in [6, 6.07) is 10.6. The van der Waals surface area contributed by atoms with Crippen LogP contribution in [-0.4, -0.2) is 24.3 Å². The summed E-state index contributed by atoms with van der Waals surface area (Å²) in [6.07, 6.45) is 1.74. The zero-order valence-corrected chi connectivity index (χ0v) is 17.6. The zero-order chi connectivity index (χ0) is 20.1. The maximum absolute atomic E-state index is 12.3. The topological polar surface area (TPSA) is 59.9 Å². The van der Waals surface area contributed by atoms with Crippen molar-refractivity contribution < 1.29 is 14.3 Å². The lowest BCUT2D eigenvalue weighted by Gasteiger charge is -2.13. The van der Waals surface area contributed by atoms with E-state index < -0.39 is 0 Å². The summed E-state index contributed by atoms with van der Waals surface area (Å²) in [5, 5.41) is 4.32. The molecule has 0 saturated carbocycles. The number of nitrogens with zero attached hydrogens (tertiary/aromatic N) is 1. The number of thioether (sulfide) groups is 1. The first-order valence-electron chi connectivity index (χ1n) is 8.64. The van der Waals surface area contributed by atoms with Crippen molar-refractivity contribution in [1.82, 2.24) is 5.32 Å². The molecule has 28 heavy (non-hydrogen) atoms. The Labute approximate surface area is 177 Å². The molecular weight excluding hydrogens is 419 g/mol. The molecule has 2 aromatic rings. The third-order valence-corrected chi connectivity index (χ3v) is 5.07. The predicted molar refractivity (Wildman–Crippen MR) is 116 cm³/mol. The molecule has 1 amide bonds. The molecule has 3 rings (SSSR count). The largest absolute Gasteiger partial charge is 0.490 e. The highest BCUT2D eigenvalue weighted by Crippen LogP contribution is 2.38. The molecule has 0 aliphatic carbocycles. The van der Waals surface area contributed by atoms with Crippen molar-refractivity contribution in [2.75, 3.05) is 13.2 Å². The second kappa shape index (κ2) is 9.37.